The van der Waals surface area contributed by atoms with Gasteiger partial charge in [-0.25, -0.2) is 9.29 Å². The van der Waals surface area contributed by atoms with Gasteiger partial charge in [0.05, 0.1) is 0 Å². The summed E-state index contributed by atoms with van der Waals surface area (Å²) in [6.45, 7) is 3.85. The van der Waals surface area contributed by atoms with E-state index in [9.17, 15) is 13.2 Å². The van der Waals surface area contributed by atoms with E-state index in [4.69, 9.17) is 11.6 Å². The Bertz CT molecular complexity index is 135. The van der Waals surface area contributed by atoms with Crippen LogP contribution in [-0.2, 0) is 0 Å². The third-order valence-electron chi connectivity index (χ3n) is 1.67. The van der Waals surface area contributed by atoms with Gasteiger partial charge in [-0.15, -0.1) is 0 Å². The fourth-order valence-electron chi connectivity index (χ4n) is 1.09. The average Bonchev–Trinajstić information content (AvgIpc) is 2.03. The molecule has 1 unspecified atom stereocenters. The minimum Gasteiger partial charge on any atom is -0.241 e. The molecule has 0 aromatic heterocycles. The summed E-state index contributed by atoms with van der Waals surface area (Å²) >= 11 is 4.78. The van der Waals surface area contributed by atoms with Crippen LogP contribution in [0.15, 0.2) is 0 Å². The number of alkyl halides is 4. The van der Waals surface area contributed by atoms with Crippen LogP contribution >= 0.6 is 11.6 Å². The summed E-state index contributed by atoms with van der Waals surface area (Å²) in [6, 6.07) is -3.55. The summed E-state index contributed by atoms with van der Waals surface area (Å²) in [7, 11) is 0. The fourth-order valence-corrected chi connectivity index (χ4v) is 1.23. The zero-order valence-corrected chi connectivity index (χ0v) is 8.62. The molecule has 0 N–H and O–H groups in total. The quantitative estimate of drug-likeness (QED) is 0.488. The van der Waals surface area contributed by atoms with Gasteiger partial charge in [0.2, 0.25) is 0 Å². The lowest BCUT2D eigenvalue weighted by molar-refractivity contribution is -0.170. The van der Waals surface area contributed by atoms with Crippen molar-refractivity contribution < 1.29 is 13.2 Å². The number of nitrogens with zero attached hydrogens (tertiary/aromatic N) is 1. The number of halogens is 4. The first kappa shape index (κ1) is 13.0. The maximum Gasteiger partial charge on any atom is 0.349 e. The minimum absolute atomic E-state index is 0.161. The van der Waals surface area contributed by atoms with Crippen molar-refractivity contribution in [2.75, 3.05) is 13.1 Å². The molecule has 1 nitrogen and oxygen atoms in total. The topological polar surface area (TPSA) is 3.24 Å². The SMILES string of the molecule is CCCN(CCC)C(F)(F)C(F)Cl. The van der Waals surface area contributed by atoms with E-state index in [1.54, 1.807) is 13.8 Å². The van der Waals surface area contributed by atoms with Gasteiger partial charge in [0.15, 0.2) is 0 Å². The van der Waals surface area contributed by atoms with Crippen molar-refractivity contribution in [1.29, 1.82) is 0 Å². The van der Waals surface area contributed by atoms with Gasteiger partial charge in [0, 0.05) is 13.1 Å². The number of rotatable bonds is 6. The molecule has 5 heteroatoms. The van der Waals surface area contributed by atoms with Crippen molar-refractivity contribution >= 4 is 11.6 Å². The lowest BCUT2D eigenvalue weighted by Gasteiger charge is -2.30. The van der Waals surface area contributed by atoms with Crippen LogP contribution in [0.3, 0.4) is 0 Å². The Hall–Kier alpha value is 0.0400. The van der Waals surface area contributed by atoms with Crippen LogP contribution in [0, 0.1) is 0 Å². The van der Waals surface area contributed by atoms with Crippen molar-refractivity contribution in [3.8, 4) is 0 Å². The lowest BCUT2D eigenvalue weighted by Crippen LogP contribution is -2.47. The predicted molar refractivity (Wildman–Crippen MR) is 47.9 cm³/mol. The standard InChI is InChI=1S/C8H15ClF3N/c1-3-5-13(6-4-2)8(11,12)7(9)10/h7H,3-6H2,1-2H3. The first-order valence-electron chi connectivity index (χ1n) is 4.37. The van der Waals surface area contributed by atoms with E-state index in [1.807, 2.05) is 0 Å². The third-order valence-corrected chi connectivity index (χ3v) is 1.93. The van der Waals surface area contributed by atoms with Crippen LogP contribution in [-0.4, -0.2) is 29.7 Å². The van der Waals surface area contributed by atoms with E-state index < -0.39 is 11.7 Å². The Labute approximate surface area is 81.9 Å². The van der Waals surface area contributed by atoms with E-state index >= 15 is 0 Å². The monoisotopic (exact) mass is 217 g/mol. The Morgan fingerprint density at radius 3 is 1.85 bits per heavy atom. The van der Waals surface area contributed by atoms with Gasteiger partial charge < -0.3 is 0 Å². The predicted octanol–water partition coefficient (Wildman–Crippen LogP) is 3.24. The first-order chi connectivity index (χ1) is 5.96. The van der Waals surface area contributed by atoms with Crippen LogP contribution in [0.25, 0.3) is 0 Å². The van der Waals surface area contributed by atoms with E-state index in [1.165, 1.54) is 0 Å². The molecule has 0 aromatic carbocycles. The van der Waals surface area contributed by atoms with Crippen LogP contribution in [0.1, 0.15) is 26.7 Å². The lowest BCUT2D eigenvalue weighted by atomic mass is 10.3. The molecule has 0 heterocycles. The van der Waals surface area contributed by atoms with Gasteiger partial charge in [-0.3, -0.25) is 0 Å². The molecule has 0 saturated carbocycles. The van der Waals surface area contributed by atoms with Gasteiger partial charge in [0.1, 0.15) is 0 Å². The highest BCUT2D eigenvalue weighted by Crippen LogP contribution is 2.29. The number of hydrogen-bond acceptors (Lipinski definition) is 1. The highest BCUT2D eigenvalue weighted by molar-refractivity contribution is 6.20. The molecule has 0 amide bonds. The molecule has 0 aliphatic carbocycles. The van der Waals surface area contributed by atoms with Crippen molar-refractivity contribution in [3.05, 3.63) is 0 Å². The second kappa shape index (κ2) is 5.70. The second-order valence-electron chi connectivity index (χ2n) is 2.88. The molecular formula is C8H15ClF3N. The number of hydrogen-bond donors (Lipinski definition) is 0. The smallest absolute Gasteiger partial charge is 0.241 e. The molecular weight excluding hydrogens is 203 g/mol. The minimum atomic E-state index is -3.55. The van der Waals surface area contributed by atoms with Gasteiger partial charge in [-0.1, -0.05) is 25.4 Å². The van der Waals surface area contributed by atoms with Gasteiger partial charge >= 0.3 is 6.05 Å². The molecule has 0 aromatic rings. The third kappa shape index (κ3) is 3.73. The maximum absolute atomic E-state index is 13.0. The Kier molecular flexibility index (Phi) is 5.72. The van der Waals surface area contributed by atoms with Crippen molar-refractivity contribution in [1.82, 2.24) is 4.90 Å². The van der Waals surface area contributed by atoms with Crippen molar-refractivity contribution in [2.24, 2.45) is 0 Å². The van der Waals surface area contributed by atoms with Gasteiger partial charge in [0.25, 0.3) is 5.63 Å². The summed E-state index contributed by atoms with van der Waals surface area (Å²) in [6.07, 6.45) is 1.11. The summed E-state index contributed by atoms with van der Waals surface area (Å²) < 4.78 is 38.4. The molecule has 1 atom stereocenters. The Balaban J connectivity index is 4.31. The second-order valence-corrected chi connectivity index (χ2v) is 3.26. The van der Waals surface area contributed by atoms with E-state index in [0.717, 1.165) is 4.90 Å². The largest absolute Gasteiger partial charge is 0.349 e. The van der Waals surface area contributed by atoms with E-state index in [2.05, 4.69) is 0 Å². The van der Waals surface area contributed by atoms with Crippen LogP contribution in [0.2, 0.25) is 0 Å². The maximum atomic E-state index is 13.0. The van der Waals surface area contributed by atoms with Crippen molar-refractivity contribution in [2.45, 2.75) is 38.4 Å². The molecule has 13 heavy (non-hydrogen) atoms. The van der Waals surface area contributed by atoms with E-state index in [-0.39, 0.29) is 13.1 Å². The molecule has 0 spiro atoms. The average molecular weight is 218 g/mol. The van der Waals surface area contributed by atoms with Gasteiger partial charge in [-0.2, -0.15) is 8.78 Å². The van der Waals surface area contributed by atoms with Crippen LogP contribution < -0.4 is 0 Å². The van der Waals surface area contributed by atoms with Crippen molar-refractivity contribution in [3.63, 3.8) is 0 Å². The molecule has 0 radical (unpaired) electrons. The summed E-state index contributed by atoms with van der Waals surface area (Å²) in [4.78, 5) is 0.782. The molecule has 0 bridgehead atoms. The van der Waals surface area contributed by atoms with E-state index in [0.29, 0.717) is 12.8 Å². The molecule has 0 saturated heterocycles. The summed E-state index contributed by atoms with van der Waals surface area (Å²) in [5, 5.41) is 0. The molecule has 0 rings (SSSR count). The highest BCUT2D eigenvalue weighted by Gasteiger charge is 2.44. The molecule has 0 aliphatic heterocycles. The normalized spacial score (nSPS) is 15.0. The van der Waals surface area contributed by atoms with Crippen LogP contribution in [0.5, 0.6) is 0 Å². The summed E-state index contributed by atoms with van der Waals surface area (Å²) in [5.41, 5.74) is -2.63. The molecule has 80 valence electrons. The zero-order chi connectivity index (χ0) is 10.5. The van der Waals surface area contributed by atoms with Crippen LogP contribution in [0.4, 0.5) is 13.2 Å². The zero-order valence-electron chi connectivity index (χ0n) is 7.86. The Morgan fingerprint density at radius 2 is 1.62 bits per heavy atom. The summed E-state index contributed by atoms with van der Waals surface area (Å²) in [5.74, 6) is 0. The van der Waals surface area contributed by atoms with Gasteiger partial charge in [-0.05, 0) is 12.8 Å². The first-order valence-corrected chi connectivity index (χ1v) is 4.81. The highest BCUT2D eigenvalue weighted by atomic mass is 35.5. The molecule has 0 aliphatic rings. The Morgan fingerprint density at radius 1 is 1.23 bits per heavy atom. The molecule has 0 fully saturated rings. The fraction of sp³-hybridized carbons (Fsp3) is 1.00.